The molecule has 0 saturated carbocycles. The number of nitrogens with two attached hydrogens (primary N) is 1. The minimum atomic E-state index is -3.00. The van der Waals surface area contributed by atoms with Gasteiger partial charge in [-0.2, -0.15) is 8.78 Å². The maximum absolute atomic E-state index is 12.3. The van der Waals surface area contributed by atoms with Gasteiger partial charge < -0.3 is 15.8 Å². The van der Waals surface area contributed by atoms with E-state index in [1.165, 1.54) is 11.8 Å². The van der Waals surface area contributed by atoms with Crippen LogP contribution in [0.3, 0.4) is 0 Å². The summed E-state index contributed by atoms with van der Waals surface area (Å²) in [6.45, 7) is 1.71. The number of nitrogens with zero attached hydrogens (tertiary/aromatic N) is 1. The van der Waals surface area contributed by atoms with Gasteiger partial charge in [-0.3, -0.25) is 9.79 Å². The van der Waals surface area contributed by atoms with E-state index in [9.17, 15) is 13.6 Å². The second-order valence-corrected chi connectivity index (χ2v) is 8.55. The van der Waals surface area contributed by atoms with Gasteiger partial charge in [-0.1, -0.05) is 27.7 Å². The number of benzene rings is 1. The average molecular weight is 448 g/mol. The third-order valence-electron chi connectivity index (χ3n) is 4.59. The molecule has 26 heavy (non-hydrogen) atoms. The number of hydrogen-bond donors (Lipinski definition) is 2. The predicted octanol–water partition coefficient (Wildman–Crippen LogP) is 3.41. The van der Waals surface area contributed by atoms with Crippen molar-refractivity contribution in [2.24, 2.45) is 10.7 Å². The molecule has 3 atom stereocenters. The molecule has 0 saturated heterocycles. The fourth-order valence-electron chi connectivity index (χ4n) is 3.36. The van der Waals surface area contributed by atoms with Crippen molar-refractivity contribution in [3.8, 4) is 5.75 Å². The number of carbonyl (C=O) groups excluding carboxylic acids is 1. The molecule has 0 fully saturated rings. The van der Waals surface area contributed by atoms with Crippen molar-refractivity contribution in [1.29, 1.82) is 0 Å². The van der Waals surface area contributed by atoms with Crippen LogP contribution < -0.4 is 15.8 Å². The van der Waals surface area contributed by atoms with Gasteiger partial charge in [0.15, 0.2) is 5.17 Å². The molecule has 0 aromatic heterocycles. The Bertz CT molecular complexity index is 734. The predicted molar refractivity (Wildman–Crippen MR) is 102 cm³/mol. The van der Waals surface area contributed by atoms with E-state index in [0.717, 1.165) is 21.5 Å². The van der Waals surface area contributed by atoms with Gasteiger partial charge in [0.05, 0.1) is 0 Å². The fourth-order valence-corrected chi connectivity index (χ4v) is 4.69. The summed E-state index contributed by atoms with van der Waals surface area (Å²) in [4.78, 5) is 15.8. The summed E-state index contributed by atoms with van der Waals surface area (Å²) in [5.74, 6) is 0.283. The molecular formula is C17H20BrF2N3O2S. The summed E-state index contributed by atoms with van der Waals surface area (Å²) in [6, 6.07) is 5.48. The quantitative estimate of drug-likeness (QED) is 0.724. The second kappa shape index (κ2) is 7.72. The molecule has 0 aliphatic carbocycles. The highest BCUT2D eigenvalue weighted by atomic mass is 79.9. The Morgan fingerprint density at radius 2 is 2.35 bits per heavy atom. The number of aliphatic imine (C=N–C) groups is 1. The zero-order valence-electron chi connectivity index (χ0n) is 14.2. The number of fused-ring (bicyclic) bond motifs is 2. The van der Waals surface area contributed by atoms with Crippen molar-refractivity contribution in [1.82, 2.24) is 5.32 Å². The van der Waals surface area contributed by atoms with Crippen molar-refractivity contribution in [3.05, 3.63) is 28.2 Å². The zero-order chi connectivity index (χ0) is 18.9. The lowest BCUT2D eigenvalue weighted by Gasteiger charge is -2.38. The molecule has 0 bridgehead atoms. The van der Waals surface area contributed by atoms with Gasteiger partial charge in [0.1, 0.15) is 17.4 Å². The van der Waals surface area contributed by atoms with E-state index in [2.05, 4.69) is 21.2 Å². The molecule has 2 unspecified atom stereocenters. The van der Waals surface area contributed by atoms with Gasteiger partial charge >= 0.3 is 6.43 Å². The number of hydrogen-bond acceptors (Lipinski definition) is 5. The highest BCUT2D eigenvalue weighted by Crippen LogP contribution is 2.48. The summed E-state index contributed by atoms with van der Waals surface area (Å²) < 4.78 is 31.8. The Morgan fingerprint density at radius 1 is 1.58 bits per heavy atom. The number of carbonyl (C=O) groups is 1. The maximum Gasteiger partial charge on any atom is 0.315 e. The highest BCUT2D eigenvalue weighted by Gasteiger charge is 2.45. The van der Waals surface area contributed by atoms with Gasteiger partial charge in [-0.25, -0.2) is 0 Å². The van der Waals surface area contributed by atoms with Crippen LogP contribution in [0.15, 0.2) is 27.7 Å². The van der Waals surface area contributed by atoms with Crippen molar-refractivity contribution in [3.63, 3.8) is 0 Å². The molecule has 3 rings (SSSR count). The number of thioether (sulfide) groups is 1. The van der Waals surface area contributed by atoms with Crippen molar-refractivity contribution >= 4 is 38.8 Å². The van der Waals surface area contributed by atoms with Gasteiger partial charge in [0.2, 0.25) is 0 Å². The van der Waals surface area contributed by atoms with Gasteiger partial charge in [0.25, 0.3) is 5.91 Å². The average Bonchev–Trinajstić information content (AvgIpc) is 2.95. The molecule has 2 aliphatic rings. The van der Waals surface area contributed by atoms with E-state index in [4.69, 9.17) is 15.5 Å². The van der Waals surface area contributed by atoms with E-state index in [1.54, 1.807) is 6.92 Å². The van der Waals surface area contributed by atoms with Crippen LogP contribution >= 0.6 is 27.7 Å². The number of rotatable bonds is 5. The lowest BCUT2D eigenvalue weighted by molar-refractivity contribution is -0.132. The highest BCUT2D eigenvalue weighted by molar-refractivity contribution is 9.10. The summed E-state index contributed by atoms with van der Waals surface area (Å²) in [5, 5.41) is 2.88. The van der Waals surface area contributed by atoms with Crippen molar-refractivity contribution < 1.29 is 18.3 Å². The minimum Gasteiger partial charge on any atom is -0.490 e. The molecule has 2 aliphatic heterocycles. The molecule has 2 heterocycles. The Morgan fingerprint density at radius 3 is 3.00 bits per heavy atom. The van der Waals surface area contributed by atoms with Crippen LogP contribution in [-0.4, -0.2) is 35.4 Å². The van der Waals surface area contributed by atoms with E-state index >= 15 is 0 Å². The molecule has 142 valence electrons. The first-order chi connectivity index (χ1) is 12.3. The van der Waals surface area contributed by atoms with Crippen LogP contribution in [0.1, 0.15) is 31.7 Å². The number of alkyl halides is 2. The Balaban J connectivity index is 1.71. The van der Waals surface area contributed by atoms with E-state index in [-0.39, 0.29) is 12.1 Å². The lowest BCUT2D eigenvalue weighted by atomic mass is 9.82. The standard InChI is InChI=1S/C17H20BrF2N3O2S/c1-9(22-15(24)14(19)20)2-4-11-7-17(8-26-16(21)23-17)12-6-10(18)3-5-13(12)25-11/h3,5-6,9,11,14H,2,4,7-8H2,1H3,(H2,21,23)(H,22,24)/t9?,11-,17?/m0/s1. The van der Waals surface area contributed by atoms with E-state index in [1.807, 2.05) is 18.2 Å². The monoisotopic (exact) mass is 447 g/mol. The van der Waals surface area contributed by atoms with Crippen molar-refractivity contribution in [2.75, 3.05) is 5.75 Å². The summed E-state index contributed by atoms with van der Waals surface area (Å²) in [5.41, 5.74) is 6.51. The minimum absolute atomic E-state index is 0.121. The van der Waals surface area contributed by atoms with Crippen LogP contribution in [-0.2, 0) is 10.3 Å². The van der Waals surface area contributed by atoms with Crippen molar-refractivity contribution in [2.45, 2.75) is 50.3 Å². The summed E-state index contributed by atoms with van der Waals surface area (Å²) in [6.07, 6.45) is -1.28. The first-order valence-corrected chi connectivity index (χ1v) is 10.1. The third-order valence-corrected chi connectivity index (χ3v) is 6.10. The lowest BCUT2D eigenvalue weighted by Crippen LogP contribution is -2.40. The van der Waals surface area contributed by atoms with Gasteiger partial charge in [-0.05, 0) is 38.0 Å². The van der Waals surface area contributed by atoms with Gasteiger partial charge in [0, 0.05) is 28.3 Å². The normalized spacial score (nSPS) is 25.6. The first-order valence-electron chi connectivity index (χ1n) is 8.32. The van der Waals surface area contributed by atoms with Crippen LogP contribution in [0.4, 0.5) is 8.78 Å². The summed E-state index contributed by atoms with van der Waals surface area (Å²) in [7, 11) is 0. The number of amidine groups is 1. The molecule has 5 nitrogen and oxygen atoms in total. The maximum atomic E-state index is 12.3. The Kier molecular flexibility index (Phi) is 5.76. The number of amides is 1. The molecular weight excluding hydrogens is 428 g/mol. The Labute approximate surface area is 163 Å². The molecule has 9 heteroatoms. The molecule has 3 N–H and O–H groups in total. The van der Waals surface area contributed by atoms with Crippen LogP contribution in [0.5, 0.6) is 5.75 Å². The molecule has 1 aromatic rings. The van der Waals surface area contributed by atoms with E-state index in [0.29, 0.717) is 24.4 Å². The zero-order valence-corrected chi connectivity index (χ0v) is 16.6. The fraction of sp³-hybridized carbons (Fsp3) is 0.529. The molecule has 1 aromatic carbocycles. The number of ether oxygens (including phenoxy) is 1. The summed E-state index contributed by atoms with van der Waals surface area (Å²) >= 11 is 5.02. The molecule has 0 radical (unpaired) electrons. The SMILES string of the molecule is CC(CC[C@H]1CC2(CSC(N)=N2)c2cc(Br)ccc2O1)NC(=O)C(F)F. The molecule has 1 spiro atoms. The first kappa shape index (κ1) is 19.4. The third kappa shape index (κ3) is 4.14. The Hall–Kier alpha value is -1.35. The molecule has 1 amide bonds. The van der Waals surface area contributed by atoms with Crippen LogP contribution in [0.25, 0.3) is 0 Å². The number of nitrogens with one attached hydrogen (secondary N) is 1. The van der Waals surface area contributed by atoms with Crippen LogP contribution in [0, 0.1) is 0 Å². The largest absolute Gasteiger partial charge is 0.490 e. The van der Waals surface area contributed by atoms with Gasteiger partial charge in [-0.15, -0.1) is 0 Å². The van der Waals surface area contributed by atoms with E-state index < -0.39 is 17.9 Å². The smallest absolute Gasteiger partial charge is 0.315 e. The number of halogens is 3. The second-order valence-electron chi connectivity index (χ2n) is 6.64. The topological polar surface area (TPSA) is 76.7 Å². The van der Waals surface area contributed by atoms with Crippen LogP contribution in [0.2, 0.25) is 0 Å².